The van der Waals surface area contributed by atoms with Gasteiger partial charge in [0.2, 0.25) is 0 Å². The molecule has 2 aromatic carbocycles. The predicted molar refractivity (Wildman–Crippen MR) is 130 cm³/mol. The highest BCUT2D eigenvalue weighted by molar-refractivity contribution is 14.0. The zero-order valence-corrected chi connectivity index (χ0v) is 20.2. The number of nitrogens with one attached hydrogen (secondary N) is 2. The monoisotopic (exact) mass is 546 g/mol. The number of aryl methyl sites for hydroxylation is 1. The van der Waals surface area contributed by atoms with Gasteiger partial charge in [-0.05, 0) is 37.6 Å². The summed E-state index contributed by atoms with van der Waals surface area (Å²) in [5.41, 5.74) is 3.04. The number of aliphatic imine (C=N–C) groups is 1. The van der Waals surface area contributed by atoms with Crippen LogP contribution in [0.5, 0.6) is 11.5 Å². The highest BCUT2D eigenvalue weighted by atomic mass is 127. The average molecular weight is 546 g/mol. The fourth-order valence-electron chi connectivity index (χ4n) is 3.45. The van der Waals surface area contributed by atoms with Gasteiger partial charge in [-0.2, -0.15) is 8.78 Å². The van der Waals surface area contributed by atoms with Crippen LogP contribution in [0.15, 0.2) is 47.5 Å². The number of guanidine groups is 1. The first kappa shape index (κ1) is 25.0. The molecule has 1 unspecified atom stereocenters. The summed E-state index contributed by atoms with van der Waals surface area (Å²) in [6.45, 7) is 1.29. The number of alkyl halides is 2. The van der Waals surface area contributed by atoms with Crippen molar-refractivity contribution in [3.63, 3.8) is 0 Å². The van der Waals surface area contributed by atoms with Gasteiger partial charge in [-0.25, -0.2) is 0 Å². The number of rotatable bonds is 7. The van der Waals surface area contributed by atoms with E-state index in [2.05, 4.69) is 56.5 Å². The molecule has 1 fully saturated rings. The smallest absolute Gasteiger partial charge is 0.387 e. The van der Waals surface area contributed by atoms with Crippen molar-refractivity contribution in [3.05, 3.63) is 53.6 Å². The van der Waals surface area contributed by atoms with Crippen LogP contribution in [0.2, 0.25) is 0 Å². The van der Waals surface area contributed by atoms with Gasteiger partial charge in [0.1, 0.15) is 11.5 Å². The Morgan fingerprint density at radius 3 is 2.61 bits per heavy atom. The number of ether oxygens (including phenoxy) is 2. The van der Waals surface area contributed by atoms with E-state index >= 15 is 0 Å². The molecule has 1 aliphatic rings. The molecule has 1 saturated heterocycles. The van der Waals surface area contributed by atoms with E-state index in [1.807, 2.05) is 0 Å². The van der Waals surface area contributed by atoms with Crippen LogP contribution in [0.1, 0.15) is 17.5 Å². The molecular formula is C22H29F2IN4O2. The van der Waals surface area contributed by atoms with Gasteiger partial charge in [0.05, 0.1) is 7.11 Å². The number of hydrogen-bond donors (Lipinski definition) is 2. The van der Waals surface area contributed by atoms with Crippen LogP contribution in [0, 0.1) is 6.92 Å². The van der Waals surface area contributed by atoms with Crippen molar-refractivity contribution in [1.82, 2.24) is 10.6 Å². The Balaban J connectivity index is 0.00000341. The average Bonchev–Trinajstić information content (AvgIpc) is 3.20. The van der Waals surface area contributed by atoms with E-state index in [1.54, 1.807) is 19.2 Å². The van der Waals surface area contributed by atoms with Crippen molar-refractivity contribution in [2.75, 3.05) is 32.1 Å². The molecule has 31 heavy (non-hydrogen) atoms. The molecule has 0 saturated carbocycles. The highest BCUT2D eigenvalue weighted by Crippen LogP contribution is 2.26. The fourth-order valence-corrected chi connectivity index (χ4v) is 3.45. The Morgan fingerprint density at radius 2 is 1.97 bits per heavy atom. The molecular weight excluding hydrogens is 517 g/mol. The molecule has 9 heteroatoms. The van der Waals surface area contributed by atoms with Gasteiger partial charge in [0.15, 0.2) is 5.96 Å². The number of benzene rings is 2. The lowest BCUT2D eigenvalue weighted by Crippen LogP contribution is -2.44. The Kier molecular flexibility index (Phi) is 9.60. The second-order valence-corrected chi connectivity index (χ2v) is 7.19. The van der Waals surface area contributed by atoms with E-state index in [4.69, 9.17) is 4.74 Å². The predicted octanol–water partition coefficient (Wildman–Crippen LogP) is 4.17. The molecule has 1 heterocycles. The summed E-state index contributed by atoms with van der Waals surface area (Å²) in [6, 6.07) is 13.6. The molecule has 0 spiro atoms. The van der Waals surface area contributed by atoms with Gasteiger partial charge in [-0.1, -0.05) is 17.7 Å². The minimum Gasteiger partial charge on any atom is -0.497 e. The van der Waals surface area contributed by atoms with Crippen molar-refractivity contribution in [2.45, 2.75) is 32.5 Å². The molecule has 3 rings (SSSR count). The van der Waals surface area contributed by atoms with Gasteiger partial charge < -0.3 is 25.0 Å². The Labute approximate surface area is 199 Å². The van der Waals surface area contributed by atoms with Crippen LogP contribution in [-0.2, 0) is 6.54 Å². The molecule has 2 N–H and O–H groups in total. The van der Waals surface area contributed by atoms with Crippen LogP contribution < -0.4 is 25.0 Å². The lowest BCUT2D eigenvalue weighted by Gasteiger charge is -2.21. The summed E-state index contributed by atoms with van der Waals surface area (Å²) >= 11 is 0. The molecule has 0 radical (unpaired) electrons. The first-order chi connectivity index (χ1) is 14.5. The summed E-state index contributed by atoms with van der Waals surface area (Å²) in [6.07, 6.45) is 0.983. The van der Waals surface area contributed by atoms with Gasteiger partial charge in [-0.15, -0.1) is 24.0 Å². The first-order valence-electron chi connectivity index (χ1n) is 9.89. The summed E-state index contributed by atoms with van der Waals surface area (Å²) < 4.78 is 35.2. The van der Waals surface area contributed by atoms with E-state index in [9.17, 15) is 8.78 Å². The zero-order chi connectivity index (χ0) is 21.5. The summed E-state index contributed by atoms with van der Waals surface area (Å²) in [4.78, 5) is 6.60. The first-order valence-corrected chi connectivity index (χ1v) is 9.89. The fraction of sp³-hybridized carbons (Fsp3) is 0.409. The Morgan fingerprint density at radius 1 is 1.23 bits per heavy atom. The number of nitrogens with zero attached hydrogens (tertiary/aromatic N) is 2. The van der Waals surface area contributed by atoms with Crippen molar-refractivity contribution >= 4 is 35.6 Å². The van der Waals surface area contributed by atoms with Crippen LogP contribution in [0.4, 0.5) is 14.5 Å². The molecule has 1 atom stereocenters. The van der Waals surface area contributed by atoms with Gasteiger partial charge >= 0.3 is 6.61 Å². The molecule has 0 aliphatic carbocycles. The van der Waals surface area contributed by atoms with E-state index in [0.29, 0.717) is 23.8 Å². The minimum atomic E-state index is -2.90. The third-order valence-electron chi connectivity index (χ3n) is 5.09. The van der Waals surface area contributed by atoms with E-state index in [1.165, 1.54) is 24.4 Å². The van der Waals surface area contributed by atoms with Crippen LogP contribution in [-0.4, -0.2) is 45.9 Å². The van der Waals surface area contributed by atoms with Gasteiger partial charge in [0.25, 0.3) is 0 Å². The molecule has 6 nitrogen and oxygen atoms in total. The standard InChI is InChI=1S/C22H28F2N4O2.HI/c1-15-4-7-18(8-5-15)28-11-10-17(14-28)27-22(25-2)26-13-16-6-9-19(29-3)12-20(16)30-21(23)24;/h4-9,12,17,21H,10-11,13-14H2,1-3H3,(H2,25,26,27);1H. The van der Waals surface area contributed by atoms with Crippen LogP contribution >= 0.6 is 24.0 Å². The quantitative estimate of drug-likeness (QED) is 0.311. The maximum atomic E-state index is 12.7. The van der Waals surface area contributed by atoms with E-state index in [-0.39, 0.29) is 35.8 Å². The third-order valence-corrected chi connectivity index (χ3v) is 5.09. The SMILES string of the molecule is CN=C(NCc1ccc(OC)cc1OC(F)F)NC1CCN(c2ccc(C)cc2)C1.I. The topological polar surface area (TPSA) is 58.1 Å². The zero-order valence-electron chi connectivity index (χ0n) is 17.9. The maximum absolute atomic E-state index is 12.7. The summed E-state index contributed by atoms with van der Waals surface area (Å²) in [7, 11) is 3.17. The third kappa shape index (κ3) is 7.12. The van der Waals surface area contributed by atoms with Crippen molar-refractivity contribution in [2.24, 2.45) is 4.99 Å². The molecule has 0 amide bonds. The molecule has 0 aromatic heterocycles. The molecule has 1 aliphatic heterocycles. The van der Waals surface area contributed by atoms with Crippen molar-refractivity contribution in [1.29, 1.82) is 0 Å². The number of methoxy groups -OCH3 is 1. The van der Waals surface area contributed by atoms with Crippen LogP contribution in [0.3, 0.4) is 0 Å². The minimum absolute atomic E-state index is 0. The van der Waals surface area contributed by atoms with Gasteiger partial charge in [-0.3, -0.25) is 4.99 Å². The van der Waals surface area contributed by atoms with Crippen molar-refractivity contribution in [3.8, 4) is 11.5 Å². The van der Waals surface area contributed by atoms with Crippen molar-refractivity contribution < 1.29 is 18.3 Å². The Bertz CT molecular complexity index is 865. The number of anilines is 1. The normalized spacial score (nSPS) is 16.1. The largest absolute Gasteiger partial charge is 0.497 e. The molecule has 170 valence electrons. The van der Waals surface area contributed by atoms with E-state index in [0.717, 1.165) is 19.5 Å². The number of halogens is 3. The summed E-state index contributed by atoms with van der Waals surface area (Å²) in [5, 5.41) is 6.59. The number of hydrogen-bond acceptors (Lipinski definition) is 4. The second-order valence-electron chi connectivity index (χ2n) is 7.19. The maximum Gasteiger partial charge on any atom is 0.387 e. The lowest BCUT2D eigenvalue weighted by atomic mass is 10.2. The lowest BCUT2D eigenvalue weighted by molar-refractivity contribution is -0.0505. The highest BCUT2D eigenvalue weighted by Gasteiger charge is 2.23. The van der Waals surface area contributed by atoms with E-state index < -0.39 is 6.61 Å². The molecule has 2 aromatic rings. The Hall–Kier alpha value is -2.30. The van der Waals surface area contributed by atoms with Crippen LogP contribution in [0.25, 0.3) is 0 Å². The summed E-state index contributed by atoms with van der Waals surface area (Å²) in [5.74, 6) is 1.15. The van der Waals surface area contributed by atoms with Gasteiger partial charge in [0, 0.05) is 50.0 Å². The second kappa shape index (κ2) is 11.9. The molecule has 0 bridgehead atoms.